The van der Waals surface area contributed by atoms with Crippen LogP contribution in [0, 0.1) is 6.92 Å². The smallest absolute Gasteiger partial charge is 0.350 e. The van der Waals surface area contributed by atoms with Crippen LogP contribution in [0.3, 0.4) is 0 Å². The maximum absolute atomic E-state index is 12.3. The highest BCUT2D eigenvalue weighted by Crippen LogP contribution is 2.27. The molecule has 0 bridgehead atoms. The minimum atomic E-state index is -4.49. The van der Waals surface area contributed by atoms with Gasteiger partial charge in [0.25, 0.3) is 0 Å². The second-order valence-corrected chi connectivity index (χ2v) is 5.20. The standard InChI is InChI=1S/C12H12F3N3OS/c1-8-3-5-20-9(8)6-16-11(19)7-18-4-2-10(17-18)12(13,14)15/h2-5H,6-7H2,1H3,(H,16,19). The molecular weight excluding hydrogens is 291 g/mol. The molecule has 2 heterocycles. The lowest BCUT2D eigenvalue weighted by atomic mass is 10.3. The summed E-state index contributed by atoms with van der Waals surface area (Å²) in [4.78, 5) is 12.7. The highest BCUT2D eigenvalue weighted by Gasteiger charge is 2.33. The van der Waals surface area contributed by atoms with Crippen molar-refractivity contribution in [2.75, 3.05) is 0 Å². The molecule has 20 heavy (non-hydrogen) atoms. The van der Waals surface area contributed by atoms with Crippen molar-refractivity contribution >= 4 is 17.2 Å². The van der Waals surface area contributed by atoms with Crippen molar-refractivity contribution in [3.8, 4) is 0 Å². The Morgan fingerprint density at radius 2 is 2.20 bits per heavy atom. The van der Waals surface area contributed by atoms with E-state index >= 15 is 0 Å². The zero-order valence-electron chi connectivity index (χ0n) is 10.6. The van der Waals surface area contributed by atoms with E-state index in [-0.39, 0.29) is 12.5 Å². The monoisotopic (exact) mass is 303 g/mol. The number of aryl methyl sites for hydroxylation is 1. The Kier molecular flexibility index (Phi) is 4.12. The number of nitrogens with one attached hydrogen (secondary N) is 1. The lowest BCUT2D eigenvalue weighted by molar-refractivity contribution is -0.141. The van der Waals surface area contributed by atoms with Gasteiger partial charge in [0.2, 0.25) is 5.91 Å². The fourth-order valence-corrected chi connectivity index (χ4v) is 2.41. The molecule has 0 aliphatic heterocycles. The van der Waals surface area contributed by atoms with Gasteiger partial charge in [-0.1, -0.05) is 0 Å². The number of nitrogens with zero attached hydrogens (tertiary/aromatic N) is 2. The molecule has 8 heteroatoms. The predicted octanol–water partition coefficient (Wildman–Crippen LogP) is 2.59. The van der Waals surface area contributed by atoms with E-state index in [1.807, 2.05) is 18.4 Å². The molecule has 0 unspecified atom stereocenters. The van der Waals surface area contributed by atoms with Crippen LogP contribution < -0.4 is 5.32 Å². The van der Waals surface area contributed by atoms with Gasteiger partial charge in [-0.2, -0.15) is 18.3 Å². The molecule has 0 saturated heterocycles. The van der Waals surface area contributed by atoms with E-state index in [9.17, 15) is 18.0 Å². The molecule has 1 amide bonds. The molecule has 108 valence electrons. The first-order valence-electron chi connectivity index (χ1n) is 5.76. The maximum atomic E-state index is 12.3. The molecule has 0 radical (unpaired) electrons. The maximum Gasteiger partial charge on any atom is 0.435 e. The third-order valence-corrected chi connectivity index (χ3v) is 3.67. The Hall–Kier alpha value is -1.83. The highest BCUT2D eigenvalue weighted by atomic mass is 32.1. The topological polar surface area (TPSA) is 46.9 Å². The van der Waals surface area contributed by atoms with Gasteiger partial charge in [0.1, 0.15) is 6.54 Å². The van der Waals surface area contributed by atoms with Crippen LogP contribution in [0.15, 0.2) is 23.7 Å². The van der Waals surface area contributed by atoms with Crippen LogP contribution in [-0.2, 0) is 24.1 Å². The van der Waals surface area contributed by atoms with Crippen molar-refractivity contribution < 1.29 is 18.0 Å². The van der Waals surface area contributed by atoms with E-state index in [1.54, 1.807) is 0 Å². The van der Waals surface area contributed by atoms with Gasteiger partial charge >= 0.3 is 6.18 Å². The van der Waals surface area contributed by atoms with Crippen LogP contribution in [0.1, 0.15) is 16.1 Å². The van der Waals surface area contributed by atoms with Crippen LogP contribution in [-0.4, -0.2) is 15.7 Å². The number of hydrogen-bond donors (Lipinski definition) is 1. The molecule has 4 nitrogen and oxygen atoms in total. The second kappa shape index (κ2) is 5.66. The van der Waals surface area contributed by atoms with Crippen LogP contribution in [0.4, 0.5) is 13.2 Å². The SMILES string of the molecule is Cc1ccsc1CNC(=O)Cn1ccc(C(F)(F)F)n1. The largest absolute Gasteiger partial charge is 0.435 e. The predicted molar refractivity (Wildman–Crippen MR) is 68.1 cm³/mol. The van der Waals surface area contributed by atoms with Crippen molar-refractivity contribution in [2.24, 2.45) is 0 Å². The van der Waals surface area contributed by atoms with Crippen LogP contribution >= 0.6 is 11.3 Å². The average Bonchev–Trinajstić information content (AvgIpc) is 2.95. The quantitative estimate of drug-likeness (QED) is 0.943. The van der Waals surface area contributed by atoms with Crippen LogP contribution in [0.2, 0.25) is 0 Å². The summed E-state index contributed by atoms with van der Waals surface area (Å²) in [6, 6.07) is 2.78. The molecule has 0 aliphatic carbocycles. The number of carbonyl (C=O) groups excluding carboxylic acids is 1. The Balaban J connectivity index is 1.89. The van der Waals surface area contributed by atoms with E-state index in [0.29, 0.717) is 6.54 Å². The van der Waals surface area contributed by atoms with E-state index < -0.39 is 11.9 Å². The second-order valence-electron chi connectivity index (χ2n) is 4.20. The molecule has 0 spiro atoms. The number of carbonyl (C=O) groups is 1. The third-order valence-electron chi connectivity index (χ3n) is 2.65. The van der Waals surface area contributed by atoms with Gasteiger partial charge in [0, 0.05) is 11.1 Å². The average molecular weight is 303 g/mol. The van der Waals surface area contributed by atoms with Crippen molar-refractivity contribution in [1.82, 2.24) is 15.1 Å². The molecule has 0 aromatic carbocycles. The molecule has 0 fully saturated rings. The summed E-state index contributed by atoms with van der Waals surface area (Å²) in [5, 5.41) is 7.89. The zero-order valence-corrected chi connectivity index (χ0v) is 11.4. The fourth-order valence-electron chi connectivity index (χ4n) is 1.57. The van der Waals surface area contributed by atoms with Crippen molar-refractivity contribution in [3.63, 3.8) is 0 Å². The van der Waals surface area contributed by atoms with Gasteiger partial charge in [-0.15, -0.1) is 11.3 Å². The summed E-state index contributed by atoms with van der Waals surface area (Å²) in [6.45, 7) is 2.07. The van der Waals surface area contributed by atoms with E-state index in [0.717, 1.165) is 27.4 Å². The number of amides is 1. The number of alkyl halides is 3. The first-order valence-corrected chi connectivity index (χ1v) is 6.64. The van der Waals surface area contributed by atoms with Gasteiger partial charge in [0.15, 0.2) is 5.69 Å². The Morgan fingerprint density at radius 3 is 2.75 bits per heavy atom. The molecule has 2 aromatic heterocycles. The van der Waals surface area contributed by atoms with Crippen molar-refractivity contribution in [1.29, 1.82) is 0 Å². The fraction of sp³-hybridized carbons (Fsp3) is 0.333. The summed E-state index contributed by atoms with van der Waals surface area (Å²) < 4.78 is 38.0. The van der Waals surface area contributed by atoms with E-state index in [4.69, 9.17) is 0 Å². The van der Waals surface area contributed by atoms with E-state index in [1.165, 1.54) is 11.3 Å². The molecular formula is C12H12F3N3OS. The number of halogens is 3. The van der Waals surface area contributed by atoms with Gasteiger partial charge in [-0.3, -0.25) is 9.48 Å². The summed E-state index contributed by atoms with van der Waals surface area (Å²) in [5.41, 5.74) is 0.0770. The molecule has 0 aliphatic rings. The summed E-state index contributed by atoms with van der Waals surface area (Å²) in [5.74, 6) is -0.380. The summed E-state index contributed by atoms with van der Waals surface area (Å²) >= 11 is 1.52. The third kappa shape index (κ3) is 3.60. The minimum Gasteiger partial charge on any atom is -0.350 e. The minimum absolute atomic E-state index is 0.236. The van der Waals surface area contributed by atoms with Gasteiger partial charge in [-0.05, 0) is 30.0 Å². The molecule has 2 rings (SSSR count). The Morgan fingerprint density at radius 1 is 1.45 bits per heavy atom. The number of rotatable bonds is 4. The normalized spacial score (nSPS) is 11.6. The van der Waals surface area contributed by atoms with E-state index in [2.05, 4.69) is 10.4 Å². The lowest BCUT2D eigenvalue weighted by Crippen LogP contribution is -2.27. The van der Waals surface area contributed by atoms with Crippen LogP contribution in [0.5, 0.6) is 0 Å². The molecule has 1 N–H and O–H groups in total. The highest BCUT2D eigenvalue weighted by molar-refractivity contribution is 7.10. The summed E-state index contributed by atoms with van der Waals surface area (Å²) in [7, 11) is 0. The number of hydrogen-bond acceptors (Lipinski definition) is 3. The van der Waals surface area contributed by atoms with Gasteiger partial charge < -0.3 is 5.32 Å². The lowest BCUT2D eigenvalue weighted by Gasteiger charge is -2.05. The van der Waals surface area contributed by atoms with Gasteiger partial charge in [0.05, 0.1) is 6.54 Å². The molecule has 2 aromatic rings. The van der Waals surface area contributed by atoms with Gasteiger partial charge in [-0.25, -0.2) is 0 Å². The summed E-state index contributed by atoms with van der Waals surface area (Å²) in [6.07, 6.45) is -3.35. The molecule has 0 atom stereocenters. The first-order chi connectivity index (χ1) is 9.36. The van der Waals surface area contributed by atoms with Crippen molar-refractivity contribution in [3.05, 3.63) is 39.8 Å². The number of thiophene rings is 1. The first kappa shape index (κ1) is 14.6. The number of aromatic nitrogens is 2. The van der Waals surface area contributed by atoms with Crippen molar-refractivity contribution in [2.45, 2.75) is 26.2 Å². The Bertz CT molecular complexity index is 603. The van der Waals surface area contributed by atoms with Crippen LogP contribution in [0.25, 0.3) is 0 Å². The Labute approximate surface area is 117 Å². The molecule has 0 saturated carbocycles. The zero-order chi connectivity index (χ0) is 14.8.